The van der Waals surface area contributed by atoms with Gasteiger partial charge in [-0.1, -0.05) is 0 Å². The Kier molecular flexibility index (Phi) is 6.11. The first-order valence-corrected chi connectivity index (χ1v) is 8.46. The molecule has 1 aromatic rings. The van der Waals surface area contributed by atoms with E-state index in [1.165, 1.54) is 6.20 Å². The minimum Gasteiger partial charge on any atom is -0.265 e. The summed E-state index contributed by atoms with van der Waals surface area (Å²) in [7, 11) is -3.40. The average molecular weight is 408 g/mol. The summed E-state index contributed by atoms with van der Waals surface area (Å²) in [5.41, 5.74) is 0. The quantitative estimate of drug-likeness (QED) is 0.581. The van der Waals surface area contributed by atoms with Gasteiger partial charge in [-0.15, -0.1) is 11.6 Å². The molecule has 0 aromatic carbocycles. The summed E-state index contributed by atoms with van der Waals surface area (Å²) in [6.45, 7) is 0. The number of sulfonamides is 1. The Balaban J connectivity index is 2.69. The number of unbranched alkanes of at least 4 members (excludes halogenated alkanes) is 1. The lowest BCUT2D eigenvalue weighted by Crippen LogP contribution is -2.18. The summed E-state index contributed by atoms with van der Waals surface area (Å²) in [5, 5.41) is 0. The minimum atomic E-state index is -3.40. The van der Waals surface area contributed by atoms with Gasteiger partial charge in [-0.25, -0.2) is 18.4 Å². The number of alkyl halides is 1. The molecule has 0 saturated heterocycles. The monoisotopic (exact) mass is 405 g/mol. The third-order valence-electron chi connectivity index (χ3n) is 1.75. The molecule has 0 amide bonds. The highest BCUT2D eigenvalue weighted by molar-refractivity contribution is 9.11. The van der Waals surface area contributed by atoms with Crippen LogP contribution in [-0.4, -0.2) is 30.0 Å². The molecule has 1 N–H and O–H groups in total. The van der Waals surface area contributed by atoms with Gasteiger partial charge < -0.3 is 0 Å². The molecule has 5 nitrogen and oxygen atoms in total. The molecule has 9 heteroatoms. The normalized spacial score (nSPS) is 11.5. The zero-order valence-electron chi connectivity index (χ0n) is 8.66. The summed E-state index contributed by atoms with van der Waals surface area (Å²) in [6.07, 6.45) is 2.59. The minimum absolute atomic E-state index is 0.0178. The Morgan fingerprint density at radius 3 is 2.65 bits per heavy atom. The van der Waals surface area contributed by atoms with Gasteiger partial charge in [-0.3, -0.25) is 4.72 Å². The fraction of sp³-hybridized carbons (Fsp3) is 0.500. The topological polar surface area (TPSA) is 72.0 Å². The van der Waals surface area contributed by atoms with Crippen molar-refractivity contribution in [3.05, 3.63) is 15.4 Å². The van der Waals surface area contributed by atoms with Gasteiger partial charge in [0.25, 0.3) is 0 Å². The lowest BCUT2D eigenvalue weighted by Gasteiger charge is -2.07. The standard InChI is InChI=1S/C8H10Br2ClN3O2S/c9-6-5-12-8(7(10)13-6)14-17(15,16)4-2-1-3-11/h5H,1-4H2,(H,12,14). The number of rotatable bonds is 6. The maximum Gasteiger partial charge on any atom is 0.233 e. The van der Waals surface area contributed by atoms with Crippen molar-refractivity contribution in [3.8, 4) is 0 Å². The van der Waals surface area contributed by atoms with E-state index in [1.54, 1.807) is 0 Å². The van der Waals surface area contributed by atoms with Gasteiger partial charge in [-0.2, -0.15) is 0 Å². The number of nitrogens with zero attached hydrogens (tertiary/aromatic N) is 2. The Morgan fingerprint density at radius 1 is 1.35 bits per heavy atom. The van der Waals surface area contributed by atoms with E-state index in [0.717, 1.165) is 0 Å². The summed E-state index contributed by atoms with van der Waals surface area (Å²) in [6, 6.07) is 0. The zero-order chi connectivity index (χ0) is 12.9. The van der Waals surface area contributed by atoms with Gasteiger partial charge in [0.15, 0.2) is 10.4 Å². The van der Waals surface area contributed by atoms with Crippen molar-refractivity contribution in [2.24, 2.45) is 0 Å². The summed E-state index contributed by atoms with van der Waals surface area (Å²) < 4.78 is 26.5. The zero-order valence-corrected chi connectivity index (χ0v) is 13.4. The number of hydrogen-bond acceptors (Lipinski definition) is 4. The van der Waals surface area contributed by atoms with Crippen LogP contribution >= 0.6 is 43.5 Å². The van der Waals surface area contributed by atoms with E-state index in [2.05, 4.69) is 46.5 Å². The molecule has 1 heterocycles. The van der Waals surface area contributed by atoms with Crippen LogP contribution in [0.4, 0.5) is 5.82 Å². The fourth-order valence-corrected chi connectivity index (χ4v) is 3.36. The molecule has 1 aromatic heterocycles. The van der Waals surface area contributed by atoms with Gasteiger partial charge in [0.2, 0.25) is 10.0 Å². The number of halogens is 3. The molecule has 1 rings (SSSR count). The van der Waals surface area contributed by atoms with Crippen LogP contribution in [0.3, 0.4) is 0 Å². The maximum atomic E-state index is 11.7. The van der Waals surface area contributed by atoms with Crippen molar-refractivity contribution in [1.82, 2.24) is 9.97 Å². The van der Waals surface area contributed by atoms with Gasteiger partial charge in [0, 0.05) is 5.88 Å². The summed E-state index contributed by atoms with van der Waals surface area (Å²) in [5.74, 6) is 0.653. The van der Waals surface area contributed by atoms with Crippen LogP contribution in [0, 0.1) is 0 Å². The highest BCUT2D eigenvalue weighted by atomic mass is 79.9. The van der Waals surface area contributed by atoms with Crippen molar-refractivity contribution >= 4 is 59.3 Å². The molecule has 0 aliphatic carbocycles. The van der Waals surface area contributed by atoms with E-state index in [9.17, 15) is 8.42 Å². The molecule has 0 fully saturated rings. The Morgan fingerprint density at radius 2 is 2.06 bits per heavy atom. The Labute approximate surface area is 122 Å². The van der Waals surface area contributed by atoms with E-state index >= 15 is 0 Å². The smallest absolute Gasteiger partial charge is 0.233 e. The molecule has 0 unspecified atom stereocenters. The van der Waals surface area contributed by atoms with Crippen LogP contribution in [0.5, 0.6) is 0 Å². The van der Waals surface area contributed by atoms with Crippen LogP contribution in [-0.2, 0) is 10.0 Å². The first-order valence-electron chi connectivity index (χ1n) is 4.69. The number of hydrogen-bond donors (Lipinski definition) is 1. The molecule has 0 aliphatic heterocycles. The van der Waals surface area contributed by atoms with Crippen molar-refractivity contribution in [2.75, 3.05) is 16.4 Å². The molecule has 17 heavy (non-hydrogen) atoms. The molecular formula is C8H10Br2ClN3O2S. The van der Waals surface area contributed by atoms with E-state index < -0.39 is 10.0 Å². The van der Waals surface area contributed by atoms with E-state index in [1.807, 2.05) is 0 Å². The number of aromatic nitrogens is 2. The van der Waals surface area contributed by atoms with Crippen molar-refractivity contribution in [1.29, 1.82) is 0 Å². The highest BCUT2D eigenvalue weighted by Crippen LogP contribution is 2.20. The summed E-state index contributed by atoms with van der Waals surface area (Å²) in [4.78, 5) is 7.90. The highest BCUT2D eigenvalue weighted by Gasteiger charge is 2.13. The second-order valence-electron chi connectivity index (χ2n) is 3.15. The van der Waals surface area contributed by atoms with Crippen molar-refractivity contribution in [2.45, 2.75) is 12.8 Å². The molecule has 96 valence electrons. The predicted molar refractivity (Wildman–Crippen MR) is 74.8 cm³/mol. The third-order valence-corrected chi connectivity index (χ3v) is 4.28. The lowest BCUT2D eigenvalue weighted by molar-refractivity contribution is 0.597. The average Bonchev–Trinajstić information content (AvgIpc) is 2.22. The SMILES string of the molecule is O=S(=O)(CCCCCl)Nc1ncc(Br)nc1Br. The second-order valence-corrected chi connectivity index (χ2v) is 6.93. The molecule has 0 saturated carbocycles. The van der Waals surface area contributed by atoms with Gasteiger partial charge in [0.05, 0.1) is 11.9 Å². The van der Waals surface area contributed by atoms with E-state index in [4.69, 9.17) is 11.6 Å². The van der Waals surface area contributed by atoms with Crippen LogP contribution in [0.15, 0.2) is 15.4 Å². The van der Waals surface area contributed by atoms with Gasteiger partial charge >= 0.3 is 0 Å². The largest absolute Gasteiger partial charge is 0.265 e. The fourth-order valence-electron chi connectivity index (χ4n) is 1.00. The van der Waals surface area contributed by atoms with Crippen molar-refractivity contribution < 1.29 is 8.42 Å². The maximum absolute atomic E-state index is 11.7. The Bertz CT molecular complexity index is 484. The van der Waals surface area contributed by atoms with Crippen molar-refractivity contribution in [3.63, 3.8) is 0 Å². The first-order chi connectivity index (χ1) is 7.94. The molecule has 0 spiro atoms. The van der Waals surface area contributed by atoms with E-state index in [0.29, 0.717) is 27.9 Å². The van der Waals surface area contributed by atoms with Crippen LogP contribution in [0.1, 0.15) is 12.8 Å². The van der Waals surface area contributed by atoms with Crippen LogP contribution in [0.2, 0.25) is 0 Å². The predicted octanol–water partition coefficient (Wildman–Crippen LogP) is 2.76. The van der Waals surface area contributed by atoms with E-state index in [-0.39, 0.29) is 11.6 Å². The molecule has 0 aliphatic rings. The third kappa shape index (κ3) is 5.50. The van der Waals surface area contributed by atoms with Gasteiger partial charge in [0.1, 0.15) is 4.60 Å². The molecule has 0 bridgehead atoms. The van der Waals surface area contributed by atoms with Crippen LogP contribution in [0.25, 0.3) is 0 Å². The molecular weight excluding hydrogens is 397 g/mol. The molecule has 0 radical (unpaired) electrons. The lowest BCUT2D eigenvalue weighted by atomic mass is 10.4. The Hall–Kier alpha value is 0.0800. The second kappa shape index (κ2) is 6.86. The van der Waals surface area contributed by atoms with Gasteiger partial charge in [-0.05, 0) is 44.7 Å². The number of anilines is 1. The summed E-state index contributed by atoms with van der Waals surface area (Å²) >= 11 is 11.7. The first kappa shape index (κ1) is 15.1. The number of nitrogens with one attached hydrogen (secondary N) is 1. The molecule has 0 atom stereocenters. The van der Waals surface area contributed by atoms with Crippen LogP contribution < -0.4 is 4.72 Å².